The van der Waals surface area contributed by atoms with E-state index in [-0.39, 0.29) is 12.4 Å². The molecule has 2 heterocycles. The molecule has 102 valence electrons. The number of morpholine rings is 2. The Morgan fingerprint density at radius 3 is 2.42 bits per heavy atom. The van der Waals surface area contributed by atoms with E-state index in [1.807, 2.05) is 24.3 Å². The van der Waals surface area contributed by atoms with Crippen LogP contribution in [0.3, 0.4) is 0 Å². The molecule has 0 aliphatic carbocycles. The highest BCUT2D eigenvalue weighted by atomic mass is 35.5. The molecular weight excluding hydrogens is 262 g/mol. The predicted octanol–water partition coefficient (Wildman–Crippen LogP) is 1.15. The van der Waals surface area contributed by atoms with Crippen LogP contribution >= 0.6 is 12.4 Å². The summed E-state index contributed by atoms with van der Waals surface area (Å²) in [4.78, 5) is 2.45. The molecule has 2 atom stereocenters. The summed E-state index contributed by atoms with van der Waals surface area (Å²) in [6.45, 7) is 4.84. The number of nitrogens with one attached hydrogen (secondary N) is 1. The molecule has 0 saturated carbocycles. The van der Waals surface area contributed by atoms with Crippen molar-refractivity contribution in [3.05, 3.63) is 35.4 Å². The third-order valence-corrected chi connectivity index (χ3v) is 3.54. The van der Waals surface area contributed by atoms with Crippen LogP contribution in [0.4, 0.5) is 0 Å². The summed E-state index contributed by atoms with van der Waals surface area (Å²) in [7, 11) is 0. The Bertz CT molecular complexity index is 445. The summed E-state index contributed by atoms with van der Waals surface area (Å²) < 4.78 is 5.88. The SMILES string of the molecule is Cl.N#Cc1ccc(CN2CC3CNCC(C2)O3)cc1. The number of ether oxygens (including phenoxy) is 1. The first-order valence-corrected chi connectivity index (χ1v) is 6.41. The van der Waals surface area contributed by atoms with Gasteiger partial charge in [-0.3, -0.25) is 4.90 Å². The number of rotatable bonds is 2. The molecule has 2 unspecified atom stereocenters. The predicted molar refractivity (Wildman–Crippen MR) is 75.2 cm³/mol. The molecule has 0 spiro atoms. The molecule has 1 aromatic carbocycles. The maximum absolute atomic E-state index is 8.77. The minimum absolute atomic E-state index is 0. The first-order chi connectivity index (χ1) is 8.83. The van der Waals surface area contributed by atoms with Gasteiger partial charge in [-0.05, 0) is 17.7 Å². The highest BCUT2D eigenvalue weighted by Crippen LogP contribution is 2.17. The third kappa shape index (κ3) is 3.46. The zero-order valence-electron chi connectivity index (χ0n) is 10.7. The first kappa shape index (κ1) is 14.3. The summed E-state index contributed by atoms with van der Waals surface area (Å²) >= 11 is 0. The topological polar surface area (TPSA) is 48.3 Å². The van der Waals surface area contributed by atoms with E-state index in [0.29, 0.717) is 12.2 Å². The standard InChI is InChI=1S/C14H17N3O.ClH/c15-5-11-1-3-12(4-2-11)8-17-9-13-6-16-7-14(10-17)18-13;/h1-4,13-14,16H,6-10H2;1H. The van der Waals surface area contributed by atoms with Gasteiger partial charge in [-0.1, -0.05) is 12.1 Å². The molecule has 1 N–H and O–H groups in total. The lowest BCUT2D eigenvalue weighted by Gasteiger charge is -2.41. The van der Waals surface area contributed by atoms with Crippen molar-refractivity contribution in [2.24, 2.45) is 0 Å². The van der Waals surface area contributed by atoms with Gasteiger partial charge < -0.3 is 10.1 Å². The molecule has 0 amide bonds. The van der Waals surface area contributed by atoms with Crippen molar-refractivity contribution < 1.29 is 4.74 Å². The van der Waals surface area contributed by atoms with E-state index >= 15 is 0 Å². The van der Waals surface area contributed by atoms with Crippen LogP contribution in [0.5, 0.6) is 0 Å². The average molecular weight is 280 g/mol. The molecule has 4 nitrogen and oxygen atoms in total. The van der Waals surface area contributed by atoms with Crippen LogP contribution in [-0.2, 0) is 11.3 Å². The fourth-order valence-corrected chi connectivity index (χ4v) is 2.71. The molecule has 0 radical (unpaired) electrons. The zero-order valence-corrected chi connectivity index (χ0v) is 11.5. The smallest absolute Gasteiger partial charge is 0.0991 e. The van der Waals surface area contributed by atoms with Crippen molar-refractivity contribution in [3.8, 4) is 6.07 Å². The van der Waals surface area contributed by atoms with Gasteiger partial charge in [-0.2, -0.15) is 5.26 Å². The highest BCUT2D eigenvalue weighted by molar-refractivity contribution is 5.85. The zero-order chi connectivity index (χ0) is 12.4. The normalized spacial score (nSPS) is 26.3. The number of benzene rings is 1. The van der Waals surface area contributed by atoms with Gasteiger partial charge in [0.2, 0.25) is 0 Å². The number of nitriles is 1. The molecule has 1 aromatic rings. The molecule has 2 fully saturated rings. The lowest BCUT2D eigenvalue weighted by molar-refractivity contribution is -0.105. The second kappa shape index (κ2) is 6.36. The minimum Gasteiger partial charge on any atom is -0.370 e. The van der Waals surface area contributed by atoms with Gasteiger partial charge >= 0.3 is 0 Å². The molecule has 5 heteroatoms. The largest absolute Gasteiger partial charge is 0.370 e. The second-order valence-corrected chi connectivity index (χ2v) is 5.04. The minimum atomic E-state index is 0. The quantitative estimate of drug-likeness (QED) is 0.882. The fraction of sp³-hybridized carbons (Fsp3) is 0.500. The van der Waals surface area contributed by atoms with Crippen molar-refractivity contribution in [2.75, 3.05) is 26.2 Å². The Balaban J connectivity index is 0.00000133. The molecule has 2 saturated heterocycles. The first-order valence-electron chi connectivity index (χ1n) is 6.41. The van der Waals surface area contributed by atoms with Crippen LogP contribution in [-0.4, -0.2) is 43.3 Å². The average Bonchev–Trinajstić information content (AvgIpc) is 2.39. The van der Waals surface area contributed by atoms with Crippen LogP contribution in [0.15, 0.2) is 24.3 Å². The van der Waals surface area contributed by atoms with Crippen molar-refractivity contribution in [1.29, 1.82) is 5.26 Å². The van der Waals surface area contributed by atoms with Gasteiger partial charge in [0.15, 0.2) is 0 Å². The van der Waals surface area contributed by atoms with Crippen LogP contribution < -0.4 is 5.32 Å². The Kier molecular flexibility index (Phi) is 4.78. The van der Waals surface area contributed by atoms with Crippen LogP contribution in [0.1, 0.15) is 11.1 Å². The summed E-state index contributed by atoms with van der Waals surface area (Å²) in [6.07, 6.45) is 0.659. The lowest BCUT2D eigenvalue weighted by atomic mass is 10.1. The van der Waals surface area contributed by atoms with Crippen molar-refractivity contribution >= 4 is 12.4 Å². The van der Waals surface area contributed by atoms with Gasteiger partial charge in [0.1, 0.15) is 0 Å². The summed E-state index contributed by atoms with van der Waals surface area (Å²) in [5.74, 6) is 0. The molecule has 2 bridgehead atoms. The van der Waals surface area contributed by atoms with Gasteiger partial charge in [-0.25, -0.2) is 0 Å². The Morgan fingerprint density at radius 2 is 1.84 bits per heavy atom. The van der Waals surface area contributed by atoms with Gasteiger partial charge in [0.05, 0.1) is 23.8 Å². The molecule has 3 rings (SSSR count). The van der Waals surface area contributed by atoms with E-state index < -0.39 is 0 Å². The Labute approximate surface area is 119 Å². The van der Waals surface area contributed by atoms with E-state index in [1.54, 1.807) is 0 Å². The number of hydrogen-bond donors (Lipinski definition) is 1. The second-order valence-electron chi connectivity index (χ2n) is 5.04. The number of nitrogens with zero attached hydrogens (tertiary/aromatic N) is 2. The maximum Gasteiger partial charge on any atom is 0.0991 e. The monoisotopic (exact) mass is 279 g/mol. The fourth-order valence-electron chi connectivity index (χ4n) is 2.71. The molecule has 19 heavy (non-hydrogen) atoms. The van der Waals surface area contributed by atoms with Crippen LogP contribution in [0.25, 0.3) is 0 Å². The third-order valence-electron chi connectivity index (χ3n) is 3.54. The van der Waals surface area contributed by atoms with Crippen molar-refractivity contribution in [2.45, 2.75) is 18.8 Å². The summed E-state index contributed by atoms with van der Waals surface area (Å²) in [5, 5.41) is 12.2. The van der Waals surface area contributed by atoms with Gasteiger partial charge in [0, 0.05) is 32.7 Å². The Hall–Kier alpha value is -1.12. The van der Waals surface area contributed by atoms with Crippen molar-refractivity contribution in [1.82, 2.24) is 10.2 Å². The van der Waals surface area contributed by atoms with Gasteiger partial charge in [-0.15, -0.1) is 12.4 Å². The number of hydrogen-bond acceptors (Lipinski definition) is 4. The molecule has 0 aromatic heterocycles. The lowest BCUT2D eigenvalue weighted by Crippen LogP contribution is -2.57. The number of halogens is 1. The highest BCUT2D eigenvalue weighted by Gasteiger charge is 2.30. The van der Waals surface area contributed by atoms with Crippen LogP contribution in [0.2, 0.25) is 0 Å². The summed E-state index contributed by atoms with van der Waals surface area (Å²) in [5.41, 5.74) is 1.99. The molecule has 2 aliphatic rings. The number of fused-ring (bicyclic) bond motifs is 2. The van der Waals surface area contributed by atoms with Gasteiger partial charge in [0.25, 0.3) is 0 Å². The summed E-state index contributed by atoms with van der Waals surface area (Å²) in [6, 6.07) is 10.0. The van der Waals surface area contributed by atoms with E-state index in [2.05, 4.69) is 16.3 Å². The molecule has 2 aliphatic heterocycles. The van der Waals surface area contributed by atoms with E-state index in [0.717, 1.165) is 38.3 Å². The maximum atomic E-state index is 8.77. The van der Waals surface area contributed by atoms with E-state index in [9.17, 15) is 0 Å². The van der Waals surface area contributed by atoms with Crippen molar-refractivity contribution in [3.63, 3.8) is 0 Å². The Morgan fingerprint density at radius 1 is 1.21 bits per heavy atom. The molecular formula is C14H18ClN3O. The van der Waals surface area contributed by atoms with Crippen LogP contribution in [0, 0.1) is 11.3 Å². The van der Waals surface area contributed by atoms with E-state index in [1.165, 1.54) is 5.56 Å². The van der Waals surface area contributed by atoms with E-state index in [4.69, 9.17) is 10.00 Å².